The molecule has 1 aliphatic heterocycles. The molecular weight excluding hydrogens is 500 g/mol. The minimum absolute atomic E-state index is 0.0859. The van der Waals surface area contributed by atoms with E-state index in [0.29, 0.717) is 5.11 Å². The summed E-state index contributed by atoms with van der Waals surface area (Å²) in [5, 5.41) is 4.26. The van der Waals surface area contributed by atoms with Gasteiger partial charge >= 0.3 is 0 Å². The van der Waals surface area contributed by atoms with Gasteiger partial charge in [0.05, 0.1) is 17.8 Å². The van der Waals surface area contributed by atoms with E-state index in [2.05, 4.69) is 84.1 Å². The van der Waals surface area contributed by atoms with Crippen LogP contribution in [0.5, 0.6) is 11.5 Å². The van der Waals surface area contributed by atoms with Crippen LogP contribution in [0.2, 0.25) is 0 Å². The van der Waals surface area contributed by atoms with Crippen LogP contribution in [0.3, 0.4) is 0 Å². The number of nitrogens with zero attached hydrogens (tertiary/aromatic N) is 3. The average molecular weight is 531 g/mol. The SMILES string of the molecule is Cc1ccccc1-n1c(C)cc([C@H]2[C@@H](c3ccccn3)NC(=S)N2c2ccc(Oc3ccccc3)cc2)c1C. The molecular formula is C33H30N4OS. The van der Waals surface area contributed by atoms with Gasteiger partial charge in [-0.05, 0) is 105 Å². The number of thiocarbonyl (C=S) groups is 1. The molecule has 39 heavy (non-hydrogen) atoms. The first-order valence-corrected chi connectivity index (χ1v) is 13.5. The number of aromatic nitrogens is 2. The van der Waals surface area contributed by atoms with Gasteiger partial charge < -0.3 is 19.5 Å². The predicted octanol–water partition coefficient (Wildman–Crippen LogP) is 7.77. The fraction of sp³-hybridized carbons (Fsp3) is 0.152. The van der Waals surface area contributed by atoms with E-state index >= 15 is 0 Å². The highest BCUT2D eigenvalue weighted by molar-refractivity contribution is 7.80. The van der Waals surface area contributed by atoms with Crippen molar-refractivity contribution in [3.05, 3.63) is 138 Å². The molecule has 5 aromatic rings. The molecule has 194 valence electrons. The van der Waals surface area contributed by atoms with Crippen molar-refractivity contribution in [3.63, 3.8) is 0 Å². The quantitative estimate of drug-likeness (QED) is 0.227. The maximum Gasteiger partial charge on any atom is 0.174 e. The van der Waals surface area contributed by atoms with Gasteiger partial charge in [-0.25, -0.2) is 0 Å². The van der Waals surface area contributed by atoms with Crippen LogP contribution >= 0.6 is 12.2 Å². The number of nitrogens with one attached hydrogen (secondary N) is 1. The molecule has 6 heteroatoms. The zero-order valence-corrected chi connectivity index (χ0v) is 23.0. The Morgan fingerprint density at radius 1 is 0.795 bits per heavy atom. The molecule has 5 nitrogen and oxygen atoms in total. The summed E-state index contributed by atoms with van der Waals surface area (Å²) < 4.78 is 8.39. The largest absolute Gasteiger partial charge is 0.457 e. The summed E-state index contributed by atoms with van der Waals surface area (Å²) in [5.74, 6) is 1.58. The molecule has 2 aromatic heterocycles. The van der Waals surface area contributed by atoms with Gasteiger partial charge in [-0.2, -0.15) is 0 Å². The van der Waals surface area contributed by atoms with Gasteiger partial charge in [0.25, 0.3) is 0 Å². The molecule has 1 fully saturated rings. The van der Waals surface area contributed by atoms with Crippen molar-refractivity contribution < 1.29 is 4.74 Å². The van der Waals surface area contributed by atoms with Crippen LogP contribution in [-0.2, 0) is 0 Å². The summed E-state index contributed by atoms with van der Waals surface area (Å²) in [6.45, 7) is 6.52. The van der Waals surface area contributed by atoms with Gasteiger partial charge in [-0.15, -0.1) is 0 Å². The minimum atomic E-state index is -0.107. The number of anilines is 1. The minimum Gasteiger partial charge on any atom is -0.457 e. The van der Waals surface area contributed by atoms with Crippen LogP contribution < -0.4 is 15.0 Å². The summed E-state index contributed by atoms with van der Waals surface area (Å²) in [5.41, 5.74) is 7.96. The third-order valence-electron chi connectivity index (χ3n) is 7.34. The van der Waals surface area contributed by atoms with E-state index in [9.17, 15) is 0 Å². The molecule has 6 rings (SSSR count). The summed E-state index contributed by atoms with van der Waals surface area (Å²) in [7, 11) is 0. The molecule has 0 saturated carbocycles. The maximum atomic E-state index is 6.04. The zero-order chi connectivity index (χ0) is 26.9. The summed E-state index contributed by atoms with van der Waals surface area (Å²) in [6.07, 6.45) is 1.84. The van der Waals surface area contributed by atoms with Gasteiger partial charge in [0.1, 0.15) is 11.5 Å². The Morgan fingerprint density at radius 3 is 2.21 bits per heavy atom. The van der Waals surface area contributed by atoms with Crippen molar-refractivity contribution in [2.24, 2.45) is 0 Å². The van der Waals surface area contributed by atoms with Crippen molar-refractivity contribution in [3.8, 4) is 17.2 Å². The van der Waals surface area contributed by atoms with Crippen LogP contribution in [0.4, 0.5) is 5.69 Å². The third kappa shape index (κ3) is 4.68. The van der Waals surface area contributed by atoms with Crippen LogP contribution in [0.1, 0.15) is 40.3 Å². The van der Waals surface area contributed by atoms with Crippen molar-refractivity contribution in [1.82, 2.24) is 14.9 Å². The second-order valence-electron chi connectivity index (χ2n) is 9.85. The maximum absolute atomic E-state index is 6.04. The Morgan fingerprint density at radius 2 is 1.49 bits per heavy atom. The lowest BCUT2D eigenvalue weighted by atomic mass is 9.96. The number of ether oxygens (including phenoxy) is 1. The first-order valence-electron chi connectivity index (χ1n) is 13.1. The number of para-hydroxylation sites is 2. The standard InChI is InChI=1S/C33H30N4OS/c1-22-11-7-8-15-30(22)36-23(2)21-28(24(36)3)32-31(29-14-9-10-20-34-29)35-33(39)37(32)25-16-18-27(19-17-25)38-26-12-5-4-6-13-26/h4-21,31-32H,1-3H3,(H,35,39)/t31-,32+/m1/s1. The highest BCUT2D eigenvalue weighted by atomic mass is 32.1. The molecule has 1 aliphatic rings. The van der Waals surface area contributed by atoms with E-state index < -0.39 is 0 Å². The number of rotatable bonds is 6. The van der Waals surface area contributed by atoms with E-state index in [1.165, 1.54) is 28.2 Å². The fourth-order valence-corrected chi connectivity index (χ4v) is 5.87. The van der Waals surface area contributed by atoms with Gasteiger partial charge in [-0.1, -0.05) is 42.5 Å². The van der Waals surface area contributed by atoms with E-state index in [0.717, 1.165) is 22.9 Å². The predicted molar refractivity (Wildman–Crippen MR) is 161 cm³/mol. The first-order chi connectivity index (χ1) is 19.0. The van der Waals surface area contributed by atoms with E-state index in [4.69, 9.17) is 21.9 Å². The number of hydrogen-bond acceptors (Lipinski definition) is 3. The molecule has 0 radical (unpaired) electrons. The van der Waals surface area contributed by atoms with Gasteiger partial charge in [0.15, 0.2) is 5.11 Å². The molecule has 1 N–H and O–H groups in total. The molecule has 0 unspecified atom stereocenters. The van der Waals surface area contributed by atoms with Crippen molar-refractivity contribution >= 4 is 23.0 Å². The zero-order valence-electron chi connectivity index (χ0n) is 22.2. The first kappa shape index (κ1) is 24.9. The van der Waals surface area contributed by atoms with E-state index in [1.807, 2.05) is 60.8 Å². The molecule has 0 bridgehead atoms. The van der Waals surface area contributed by atoms with Crippen LogP contribution in [0, 0.1) is 20.8 Å². The summed E-state index contributed by atoms with van der Waals surface area (Å²) in [6, 6.07) is 34.6. The molecule has 1 saturated heterocycles. The number of hydrogen-bond donors (Lipinski definition) is 1. The summed E-state index contributed by atoms with van der Waals surface area (Å²) in [4.78, 5) is 6.93. The normalized spacial score (nSPS) is 16.8. The fourth-order valence-electron chi connectivity index (χ4n) is 5.52. The summed E-state index contributed by atoms with van der Waals surface area (Å²) >= 11 is 5.96. The molecule has 0 aliphatic carbocycles. The van der Waals surface area contributed by atoms with Crippen LogP contribution in [0.15, 0.2) is 109 Å². The number of benzene rings is 3. The molecule has 3 heterocycles. The Hall–Kier alpha value is -4.42. The van der Waals surface area contributed by atoms with Gasteiger partial charge in [0, 0.05) is 29.0 Å². The van der Waals surface area contributed by atoms with Gasteiger partial charge in [0.2, 0.25) is 0 Å². The van der Waals surface area contributed by atoms with Crippen molar-refractivity contribution in [2.45, 2.75) is 32.9 Å². The Bertz CT molecular complexity index is 1610. The Labute approximate surface area is 234 Å². The smallest absolute Gasteiger partial charge is 0.174 e. The van der Waals surface area contributed by atoms with E-state index in [1.54, 1.807) is 0 Å². The second-order valence-corrected chi connectivity index (χ2v) is 10.2. The highest BCUT2D eigenvalue weighted by Crippen LogP contribution is 2.44. The van der Waals surface area contributed by atoms with E-state index in [-0.39, 0.29) is 12.1 Å². The third-order valence-corrected chi connectivity index (χ3v) is 7.65. The molecule has 0 amide bonds. The average Bonchev–Trinajstić information content (AvgIpc) is 3.45. The van der Waals surface area contributed by atoms with Crippen LogP contribution in [0.25, 0.3) is 5.69 Å². The van der Waals surface area contributed by atoms with Crippen LogP contribution in [-0.4, -0.2) is 14.7 Å². The van der Waals surface area contributed by atoms with Crippen molar-refractivity contribution in [1.29, 1.82) is 0 Å². The number of pyridine rings is 1. The lowest BCUT2D eigenvalue weighted by Crippen LogP contribution is -2.29. The topological polar surface area (TPSA) is 42.3 Å². The Balaban J connectivity index is 1.43. The number of aryl methyl sites for hydroxylation is 2. The lowest BCUT2D eigenvalue weighted by Gasteiger charge is -2.28. The molecule has 2 atom stereocenters. The van der Waals surface area contributed by atoms with Gasteiger partial charge in [-0.3, -0.25) is 4.98 Å². The second kappa shape index (κ2) is 10.4. The Kier molecular flexibility index (Phi) is 6.63. The monoisotopic (exact) mass is 530 g/mol. The molecule has 0 spiro atoms. The lowest BCUT2D eigenvalue weighted by molar-refractivity contribution is 0.482. The highest BCUT2D eigenvalue weighted by Gasteiger charge is 2.42. The molecule has 3 aromatic carbocycles. The van der Waals surface area contributed by atoms with Crippen molar-refractivity contribution in [2.75, 3.05) is 4.90 Å².